The van der Waals surface area contributed by atoms with Crippen LogP contribution < -0.4 is 10.1 Å². The number of nitrogens with zero attached hydrogens (tertiary/aromatic N) is 2. The van der Waals surface area contributed by atoms with Crippen molar-refractivity contribution >= 4 is 11.9 Å². The molecule has 32 heavy (non-hydrogen) atoms. The second-order valence-electron chi connectivity index (χ2n) is 6.49. The first-order valence-electron chi connectivity index (χ1n) is 8.96. The minimum Gasteiger partial charge on any atom is -0.493 e. The zero-order chi connectivity index (χ0) is 23.5. The van der Waals surface area contributed by atoms with Gasteiger partial charge in [-0.3, -0.25) is 9.59 Å². The molecule has 0 saturated heterocycles. The molecule has 8 nitrogen and oxygen atoms in total. The lowest BCUT2D eigenvalue weighted by atomic mass is 10.0. The molecule has 0 bridgehead atoms. The Morgan fingerprint density at radius 3 is 2.38 bits per heavy atom. The number of ether oxygens (including phenoxy) is 1. The smallest absolute Gasteiger partial charge is 0.493 e. The number of carbonyl (C=O) groups excluding carboxylic acids is 1. The maximum Gasteiger partial charge on any atom is 0.573 e. The summed E-state index contributed by atoms with van der Waals surface area (Å²) >= 11 is 0. The number of aliphatic carboxylic acids is 1. The Morgan fingerprint density at radius 2 is 1.78 bits per heavy atom. The fourth-order valence-corrected chi connectivity index (χ4v) is 2.84. The predicted octanol–water partition coefficient (Wildman–Crippen LogP) is 3.56. The number of para-hydroxylation sites is 1. The quantitative estimate of drug-likeness (QED) is 0.472. The normalized spacial score (nSPS) is 12.2. The van der Waals surface area contributed by atoms with Gasteiger partial charge in [-0.05, 0) is 29.8 Å². The molecule has 1 atom stereocenters. The second-order valence-corrected chi connectivity index (χ2v) is 6.49. The molecule has 1 amide bonds. The Bertz CT molecular complexity index is 1130. The van der Waals surface area contributed by atoms with Crippen molar-refractivity contribution in [1.82, 2.24) is 15.1 Å². The van der Waals surface area contributed by atoms with Gasteiger partial charge in [0.2, 0.25) is 5.88 Å². The van der Waals surface area contributed by atoms with Crippen molar-refractivity contribution in [1.29, 1.82) is 0 Å². The average Bonchev–Trinajstić information content (AvgIpc) is 3.08. The molecular weight excluding hydrogens is 438 g/mol. The predicted molar refractivity (Wildman–Crippen MR) is 101 cm³/mol. The van der Waals surface area contributed by atoms with Gasteiger partial charge in [-0.2, -0.15) is 9.78 Å². The summed E-state index contributed by atoms with van der Waals surface area (Å²) < 4.78 is 55.4. The van der Waals surface area contributed by atoms with Crippen molar-refractivity contribution < 1.29 is 42.1 Å². The molecule has 0 aliphatic rings. The van der Waals surface area contributed by atoms with Crippen LogP contribution in [0.5, 0.6) is 11.6 Å². The fourth-order valence-electron chi connectivity index (χ4n) is 2.84. The van der Waals surface area contributed by atoms with E-state index in [1.165, 1.54) is 30.3 Å². The molecule has 1 aromatic heterocycles. The molecule has 0 radical (unpaired) electrons. The number of benzene rings is 2. The van der Waals surface area contributed by atoms with Crippen LogP contribution in [0.4, 0.5) is 17.6 Å². The van der Waals surface area contributed by atoms with Gasteiger partial charge in [0, 0.05) is 6.07 Å². The van der Waals surface area contributed by atoms with E-state index < -0.39 is 48.1 Å². The summed E-state index contributed by atoms with van der Waals surface area (Å²) in [4.78, 5) is 23.8. The van der Waals surface area contributed by atoms with E-state index in [0.29, 0.717) is 0 Å². The van der Waals surface area contributed by atoms with E-state index in [9.17, 15) is 32.3 Å². The van der Waals surface area contributed by atoms with Gasteiger partial charge in [-0.15, -0.1) is 13.2 Å². The van der Waals surface area contributed by atoms with Gasteiger partial charge in [0.1, 0.15) is 17.3 Å². The van der Waals surface area contributed by atoms with Gasteiger partial charge < -0.3 is 20.3 Å². The van der Waals surface area contributed by atoms with Crippen molar-refractivity contribution in [3.8, 4) is 17.3 Å². The lowest BCUT2D eigenvalue weighted by Crippen LogP contribution is -2.30. The lowest BCUT2D eigenvalue weighted by Gasteiger charge is -2.17. The molecule has 3 N–H and O–H groups in total. The molecule has 3 rings (SSSR count). The van der Waals surface area contributed by atoms with E-state index in [0.717, 1.165) is 28.9 Å². The molecule has 12 heteroatoms. The zero-order valence-corrected chi connectivity index (χ0v) is 16.0. The van der Waals surface area contributed by atoms with E-state index in [-0.39, 0.29) is 16.9 Å². The van der Waals surface area contributed by atoms with Crippen molar-refractivity contribution in [2.45, 2.75) is 18.8 Å². The Morgan fingerprint density at radius 1 is 1.12 bits per heavy atom. The highest BCUT2D eigenvalue weighted by atomic mass is 19.4. The van der Waals surface area contributed by atoms with Crippen LogP contribution in [0.25, 0.3) is 5.69 Å². The molecule has 0 fully saturated rings. The number of carboxylic acid groups (broad SMARTS) is 1. The number of hydrogen-bond donors (Lipinski definition) is 3. The molecule has 1 heterocycles. The third-order valence-corrected chi connectivity index (χ3v) is 4.20. The van der Waals surface area contributed by atoms with Crippen LogP contribution in [-0.2, 0) is 4.79 Å². The Labute approximate surface area is 177 Å². The third-order valence-electron chi connectivity index (χ3n) is 4.20. The number of hydrogen-bond acceptors (Lipinski definition) is 5. The molecule has 0 aliphatic heterocycles. The highest BCUT2D eigenvalue weighted by Crippen LogP contribution is 2.26. The van der Waals surface area contributed by atoms with Gasteiger partial charge in [-0.25, -0.2) is 4.39 Å². The van der Waals surface area contributed by atoms with E-state index in [4.69, 9.17) is 5.11 Å². The topological polar surface area (TPSA) is 114 Å². The molecule has 0 spiro atoms. The standard InChI is InChI=1S/C20H15F4N3O5/c21-13-3-1-2-4-16(13)27-17(28)9-15(26-27)19(31)25-14(10-18(29)30)11-5-7-12(8-6-11)32-20(22,23)24/h1-9,14,28H,10H2,(H,25,31)(H,29,30). The van der Waals surface area contributed by atoms with Crippen LogP contribution in [0.2, 0.25) is 0 Å². The number of halogens is 4. The third kappa shape index (κ3) is 5.53. The van der Waals surface area contributed by atoms with Crippen LogP contribution in [0.1, 0.15) is 28.5 Å². The SMILES string of the molecule is O=C(O)CC(NC(=O)c1cc(O)n(-c2ccccc2F)n1)c1ccc(OC(F)(F)F)cc1. The number of rotatable bonds is 7. The molecule has 0 aliphatic carbocycles. The number of amides is 1. The average molecular weight is 453 g/mol. The molecule has 168 valence electrons. The highest BCUT2D eigenvalue weighted by Gasteiger charge is 2.31. The summed E-state index contributed by atoms with van der Waals surface area (Å²) in [5.41, 5.74) is -0.266. The molecule has 1 unspecified atom stereocenters. The van der Waals surface area contributed by atoms with Crippen LogP contribution in [0.15, 0.2) is 54.6 Å². The van der Waals surface area contributed by atoms with Gasteiger partial charge in [-0.1, -0.05) is 24.3 Å². The fraction of sp³-hybridized carbons (Fsp3) is 0.150. The molecule has 3 aromatic rings. The maximum absolute atomic E-state index is 14.0. The second kappa shape index (κ2) is 8.96. The van der Waals surface area contributed by atoms with Crippen molar-refractivity contribution in [2.24, 2.45) is 0 Å². The van der Waals surface area contributed by atoms with Crippen LogP contribution in [0, 0.1) is 5.82 Å². The lowest BCUT2D eigenvalue weighted by molar-refractivity contribution is -0.274. The summed E-state index contributed by atoms with van der Waals surface area (Å²) in [5.74, 6) is -3.94. The zero-order valence-electron chi connectivity index (χ0n) is 16.0. The van der Waals surface area contributed by atoms with E-state index in [2.05, 4.69) is 15.2 Å². The van der Waals surface area contributed by atoms with E-state index in [1.807, 2.05) is 0 Å². The Balaban J connectivity index is 1.82. The van der Waals surface area contributed by atoms with Crippen molar-refractivity contribution in [2.75, 3.05) is 0 Å². The molecular formula is C20H15F4N3O5. The Hall–Kier alpha value is -4.09. The van der Waals surface area contributed by atoms with Crippen LogP contribution in [0.3, 0.4) is 0 Å². The van der Waals surface area contributed by atoms with E-state index in [1.54, 1.807) is 0 Å². The number of alkyl halides is 3. The summed E-state index contributed by atoms with van der Waals surface area (Å²) in [6.07, 6.45) is -5.49. The molecule has 2 aromatic carbocycles. The largest absolute Gasteiger partial charge is 0.573 e. The van der Waals surface area contributed by atoms with Crippen molar-refractivity contribution in [3.05, 3.63) is 71.7 Å². The van der Waals surface area contributed by atoms with Gasteiger partial charge >= 0.3 is 12.3 Å². The first kappa shape index (κ1) is 22.6. The number of aromatic hydroxyl groups is 1. The first-order chi connectivity index (χ1) is 15.0. The number of aromatic nitrogens is 2. The van der Waals surface area contributed by atoms with E-state index >= 15 is 0 Å². The Kier molecular flexibility index (Phi) is 6.32. The number of carboxylic acids is 1. The van der Waals surface area contributed by atoms with Gasteiger partial charge in [0.25, 0.3) is 5.91 Å². The highest BCUT2D eigenvalue weighted by molar-refractivity contribution is 5.93. The summed E-state index contributed by atoms with van der Waals surface area (Å²) in [7, 11) is 0. The minimum absolute atomic E-state index is 0.119. The summed E-state index contributed by atoms with van der Waals surface area (Å²) in [5, 5.41) is 25.4. The molecule has 0 saturated carbocycles. The monoisotopic (exact) mass is 453 g/mol. The van der Waals surface area contributed by atoms with Gasteiger partial charge in [0.05, 0.1) is 12.5 Å². The van der Waals surface area contributed by atoms with Crippen molar-refractivity contribution in [3.63, 3.8) is 0 Å². The van der Waals surface area contributed by atoms with Crippen LogP contribution >= 0.6 is 0 Å². The van der Waals surface area contributed by atoms with Crippen LogP contribution in [-0.4, -0.2) is 38.2 Å². The maximum atomic E-state index is 14.0. The summed E-state index contributed by atoms with van der Waals surface area (Å²) in [6, 6.07) is 9.48. The summed E-state index contributed by atoms with van der Waals surface area (Å²) in [6.45, 7) is 0. The minimum atomic E-state index is -4.89. The number of carbonyl (C=O) groups is 2. The van der Waals surface area contributed by atoms with Gasteiger partial charge in [0.15, 0.2) is 5.69 Å². The first-order valence-corrected chi connectivity index (χ1v) is 8.96. The number of nitrogens with one attached hydrogen (secondary N) is 1.